The quantitative estimate of drug-likeness (QED) is 0.624. The molecule has 0 bridgehead atoms. The molecule has 0 amide bonds. The Morgan fingerprint density at radius 1 is 1.50 bits per heavy atom. The molecule has 2 aromatic heterocycles. The van der Waals surface area contributed by atoms with Crippen LogP contribution in [0.15, 0.2) is 17.1 Å². The Morgan fingerprint density at radius 3 is 2.83 bits per heavy atom. The Bertz CT molecular complexity index is 351. The molecule has 2 heterocycles. The van der Waals surface area contributed by atoms with E-state index in [4.69, 9.17) is 4.42 Å². The second-order valence-corrected chi connectivity index (χ2v) is 2.52. The molecule has 0 aromatic carbocycles. The van der Waals surface area contributed by atoms with Crippen molar-refractivity contribution in [2.24, 2.45) is 7.05 Å². The van der Waals surface area contributed by atoms with Crippen LogP contribution in [0.4, 0.5) is 0 Å². The van der Waals surface area contributed by atoms with Crippen LogP contribution in [0.2, 0.25) is 0 Å². The molecule has 0 N–H and O–H groups in total. The normalized spacial score (nSPS) is 10.5. The minimum Gasteiger partial charge on any atom is -0.448 e. The van der Waals surface area contributed by atoms with Crippen LogP contribution >= 0.6 is 0 Å². The summed E-state index contributed by atoms with van der Waals surface area (Å²) in [6.07, 6.45) is 3.03. The largest absolute Gasteiger partial charge is 0.448 e. The zero-order chi connectivity index (χ0) is 8.55. The highest BCUT2D eigenvalue weighted by molar-refractivity contribution is 5.50. The number of aryl methyl sites for hydroxylation is 2. The molecule has 0 saturated heterocycles. The number of nitrogens with zero attached hydrogens (tertiary/aromatic N) is 4. The topological polar surface area (TPSA) is 56.7 Å². The average Bonchev–Trinajstić information content (AvgIpc) is 2.59. The fraction of sp³-hybridized carbons (Fsp3) is 0.286. The van der Waals surface area contributed by atoms with E-state index in [0.29, 0.717) is 0 Å². The Kier molecular flexibility index (Phi) is 1.43. The van der Waals surface area contributed by atoms with Gasteiger partial charge < -0.3 is 8.98 Å². The molecule has 62 valence electrons. The minimum atomic E-state index is 0.723. The van der Waals surface area contributed by atoms with Crippen LogP contribution in [0.25, 0.3) is 11.5 Å². The van der Waals surface area contributed by atoms with Gasteiger partial charge in [0.05, 0.1) is 0 Å². The van der Waals surface area contributed by atoms with E-state index in [1.165, 1.54) is 6.39 Å². The van der Waals surface area contributed by atoms with Crippen molar-refractivity contribution >= 4 is 0 Å². The van der Waals surface area contributed by atoms with Gasteiger partial charge in [0.25, 0.3) is 0 Å². The van der Waals surface area contributed by atoms with E-state index < -0.39 is 0 Å². The van der Waals surface area contributed by atoms with Crippen LogP contribution in [0.5, 0.6) is 0 Å². The first-order chi connectivity index (χ1) is 5.79. The van der Waals surface area contributed by atoms with Gasteiger partial charge in [-0.25, -0.2) is 4.98 Å². The van der Waals surface area contributed by atoms with Crippen LogP contribution in [-0.2, 0) is 7.05 Å². The number of oxazole rings is 1. The Hall–Kier alpha value is -1.65. The van der Waals surface area contributed by atoms with Crippen molar-refractivity contribution in [3.05, 3.63) is 18.5 Å². The highest BCUT2D eigenvalue weighted by Crippen LogP contribution is 2.17. The van der Waals surface area contributed by atoms with Gasteiger partial charge in [0.15, 0.2) is 12.2 Å². The minimum absolute atomic E-state index is 0.723. The van der Waals surface area contributed by atoms with E-state index >= 15 is 0 Å². The second kappa shape index (κ2) is 2.44. The molecular formula is C7H8N4O. The lowest BCUT2D eigenvalue weighted by molar-refractivity contribution is 0.527. The van der Waals surface area contributed by atoms with Gasteiger partial charge in [-0.2, -0.15) is 0 Å². The third kappa shape index (κ3) is 0.903. The number of hydrogen-bond acceptors (Lipinski definition) is 4. The Labute approximate surface area is 69.1 Å². The molecule has 2 aromatic rings. The van der Waals surface area contributed by atoms with Crippen molar-refractivity contribution in [1.82, 2.24) is 19.7 Å². The van der Waals surface area contributed by atoms with Gasteiger partial charge in [0.2, 0.25) is 0 Å². The maximum Gasteiger partial charge on any atom is 0.185 e. The van der Waals surface area contributed by atoms with E-state index in [0.717, 1.165) is 17.3 Å². The van der Waals surface area contributed by atoms with Gasteiger partial charge >= 0.3 is 0 Å². The molecule has 0 aliphatic carbocycles. The Morgan fingerprint density at radius 2 is 2.33 bits per heavy atom. The van der Waals surface area contributed by atoms with Crippen LogP contribution in [-0.4, -0.2) is 19.7 Å². The summed E-state index contributed by atoms with van der Waals surface area (Å²) < 4.78 is 6.85. The van der Waals surface area contributed by atoms with E-state index in [9.17, 15) is 0 Å². The van der Waals surface area contributed by atoms with Crippen LogP contribution in [0.3, 0.4) is 0 Å². The number of rotatable bonds is 1. The van der Waals surface area contributed by atoms with Crippen LogP contribution in [0, 0.1) is 6.92 Å². The predicted molar refractivity (Wildman–Crippen MR) is 41.2 cm³/mol. The molecule has 2 rings (SSSR count). The number of aromatic nitrogens is 4. The first-order valence-corrected chi connectivity index (χ1v) is 3.53. The van der Waals surface area contributed by atoms with Gasteiger partial charge in [-0.1, -0.05) is 0 Å². The van der Waals surface area contributed by atoms with E-state index in [1.807, 2.05) is 14.0 Å². The Balaban J connectivity index is 2.57. The van der Waals surface area contributed by atoms with Gasteiger partial charge in [0, 0.05) is 7.05 Å². The summed E-state index contributed by atoms with van der Waals surface area (Å²) >= 11 is 0. The summed E-state index contributed by atoms with van der Waals surface area (Å²) in [5.41, 5.74) is 0.745. The van der Waals surface area contributed by atoms with Crippen molar-refractivity contribution in [3.8, 4) is 11.5 Å². The first kappa shape index (κ1) is 7.02. The summed E-state index contributed by atoms with van der Waals surface area (Å²) in [7, 11) is 1.86. The highest BCUT2D eigenvalue weighted by Gasteiger charge is 2.10. The van der Waals surface area contributed by atoms with Gasteiger partial charge in [0.1, 0.15) is 17.8 Å². The summed E-state index contributed by atoms with van der Waals surface area (Å²) in [6.45, 7) is 1.84. The standard InChI is InChI=1S/C7H8N4O/c1-5-6(8-4-12-5)7-10-9-3-11(7)2/h3-4H,1-2H3. The second-order valence-electron chi connectivity index (χ2n) is 2.52. The fourth-order valence-corrected chi connectivity index (χ4v) is 1.02. The average molecular weight is 164 g/mol. The fourth-order valence-electron chi connectivity index (χ4n) is 1.02. The van der Waals surface area contributed by atoms with E-state index in [-0.39, 0.29) is 0 Å². The van der Waals surface area contributed by atoms with E-state index in [1.54, 1.807) is 10.9 Å². The highest BCUT2D eigenvalue weighted by atomic mass is 16.3. The third-order valence-electron chi connectivity index (χ3n) is 1.67. The molecule has 12 heavy (non-hydrogen) atoms. The summed E-state index contributed by atoms with van der Waals surface area (Å²) in [4.78, 5) is 4.03. The lowest BCUT2D eigenvalue weighted by Gasteiger charge is -1.94. The van der Waals surface area contributed by atoms with Gasteiger partial charge in [-0.15, -0.1) is 10.2 Å². The number of hydrogen-bond donors (Lipinski definition) is 0. The van der Waals surface area contributed by atoms with Gasteiger partial charge in [-0.3, -0.25) is 0 Å². The van der Waals surface area contributed by atoms with Crippen molar-refractivity contribution in [3.63, 3.8) is 0 Å². The smallest absolute Gasteiger partial charge is 0.185 e. The molecule has 0 saturated carbocycles. The zero-order valence-electron chi connectivity index (χ0n) is 6.85. The monoisotopic (exact) mass is 164 g/mol. The SMILES string of the molecule is Cc1ocnc1-c1nncn1C. The summed E-state index contributed by atoms with van der Waals surface area (Å²) in [5, 5.41) is 7.66. The maximum atomic E-state index is 5.05. The van der Waals surface area contributed by atoms with Crippen molar-refractivity contribution in [2.75, 3.05) is 0 Å². The zero-order valence-corrected chi connectivity index (χ0v) is 6.85. The molecule has 0 atom stereocenters. The van der Waals surface area contributed by atoms with Crippen LogP contribution < -0.4 is 0 Å². The lowest BCUT2D eigenvalue weighted by Crippen LogP contribution is -1.92. The van der Waals surface area contributed by atoms with Crippen molar-refractivity contribution in [1.29, 1.82) is 0 Å². The third-order valence-corrected chi connectivity index (χ3v) is 1.67. The molecule has 0 aliphatic rings. The maximum absolute atomic E-state index is 5.05. The van der Waals surface area contributed by atoms with Crippen LogP contribution in [0.1, 0.15) is 5.76 Å². The molecule has 0 aliphatic heterocycles. The molecule has 5 nitrogen and oxygen atoms in total. The van der Waals surface area contributed by atoms with E-state index in [2.05, 4.69) is 15.2 Å². The summed E-state index contributed by atoms with van der Waals surface area (Å²) in [6, 6.07) is 0. The molecule has 5 heteroatoms. The van der Waals surface area contributed by atoms with Gasteiger partial charge in [-0.05, 0) is 6.92 Å². The molecule has 0 spiro atoms. The molecule has 0 radical (unpaired) electrons. The lowest BCUT2D eigenvalue weighted by atomic mass is 10.3. The molecule has 0 unspecified atom stereocenters. The predicted octanol–water partition coefficient (Wildman–Crippen LogP) is 0.779. The molecular weight excluding hydrogens is 156 g/mol. The first-order valence-electron chi connectivity index (χ1n) is 3.53. The summed E-state index contributed by atoms with van der Waals surface area (Å²) in [5.74, 6) is 1.48. The van der Waals surface area contributed by atoms with Crippen molar-refractivity contribution < 1.29 is 4.42 Å². The molecule has 0 fully saturated rings. The van der Waals surface area contributed by atoms with Crippen molar-refractivity contribution in [2.45, 2.75) is 6.92 Å².